The van der Waals surface area contributed by atoms with Gasteiger partial charge in [0, 0.05) is 32.6 Å². The Hall–Kier alpha value is -0.870. The van der Waals surface area contributed by atoms with E-state index in [9.17, 15) is 4.79 Å². The number of rotatable bonds is 17. The molecule has 0 aromatic rings. The summed E-state index contributed by atoms with van der Waals surface area (Å²) in [6.07, 6.45) is 22.0. The Bertz CT molecular complexity index is 351. The van der Waals surface area contributed by atoms with Gasteiger partial charge in [0.25, 0.3) is 0 Å². The van der Waals surface area contributed by atoms with E-state index in [-0.39, 0.29) is 5.91 Å². The van der Waals surface area contributed by atoms with E-state index < -0.39 is 0 Å². The minimum atomic E-state index is -0.164. The molecule has 0 saturated carbocycles. The fraction of sp³-hybridized carbons (Fsp3) is 0.864. The van der Waals surface area contributed by atoms with Crippen LogP contribution in [0.2, 0.25) is 0 Å². The second-order valence-electron chi connectivity index (χ2n) is 7.75. The molecule has 0 spiro atoms. The van der Waals surface area contributed by atoms with Crippen LogP contribution in [0.4, 0.5) is 0 Å². The van der Waals surface area contributed by atoms with Crippen LogP contribution in [0.15, 0.2) is 12.2 Å². The topological polar surface area (TPSA) is 58.4 Å². The molecular weight excluding hydrogens is 322 g/mol. The van der Waals surface area contributed by atoms with Crippen LogP contribution >= 0.6 is 0 Å². The zero-order valence-corrected chi connectivity index (χ0v) is 17.0. The van der Waals surface area contributed by atoms with Gasteiger partial charge in [-0.15, -0.1) is 0 Å². The first kappa shape index (κ1) is 23.2. The summed E-state index contributed by atoms with van der Waals surface area (Å²) in [7, 11) is 0. The molecule has 1 aliphatic rings. The van der Waals surface area contributed by atoms with Crippen molar-refractivity contribution in [2.75, 3.05) is 32.7 Å². The third-order valence-corrected chi connectivity index (χ3v) is 5.27. The minimum absolute atomic E-state index is 0.164. The summed E-state index contributed by atoms with van der Waals surface area (Å²) in [4.78, 5) is 13.2. The van der Waals surface area contributed by atoms with Crippen LogP contribution in [0.25, 0.3) is 0 Å². The fourth-order valence-corrected chi connectivity index (χ4v) is 3.57. The maximum absolute atomic E-state index is 10.6. The van der Waals surface area contributed by atoms with Gasteiger partial charge in [0.15, 0.2) is 0 Å². The molecule has 0 bridgehead atoms. The van der Waals surface area contributed by atoms with Gasteiger partial charge in [-0.2, -0.15) is 0 Å². The summed E-state index contributed by atoms with van der Waals surface area (Å²) in [6, 6.07) is 0. The standard InChI is InChI=1S/C22H43N3O/c23-22(26)16-14-12-10-8-6-4-2-1-3-5-7-9-11-13-15-19-25-20-17-24-18-21-25/h1-2,24H,3-21H2,(H2,23,26). The monoisotopic (exact) mass is 365 g/mol. The Morgan fingerprint density at radius 3 is 1.85 bits per heavy atom. The Balaban J connectivity index is 1.72. The second-order valence-corrected chi connectivity index (χ2v) is 7.75. The van der Waals surface area contributed by atoms with Gasteiger partial charge in [-0.3, -0.25) is 4.79 Å². The number of nitrogens with one attached hydrogen (secondary N) is 1. The highest BCUT2D eigenvalue weighted by Gasteiger charge is 2.07. The van der Waals surface area contributed by atoms with E-state index in [0.717, 1.165) is 12.8 Å². The average Bonchev–Trinajstić information content (AvgIpc) is 2.65. The van der Waals surface area contributed by atoms with Crippen LogP contribution in [0.3, 0.4) is 0 Å². The van der Waals surface area contributed by atoms with Gasteiger partial charge in [0.05, 0.1) is 0 Å². The van der Waals surface area contributed by atoms with Gasteiger partial charge in [-0.05, 0) is 45.1 Å². The van der Waals surface area contributed by atoms with Crippen LogP contribution < -0.4 is 11.1 Å². The predicted molar refractivity (Wildman–Crippen MR) is 112 cm³/mol. The molecule has 1 heterocycles. The largest absolute Gasteiger partial charge is 0.370 e. The van der Waals surface area contributed by atoms with Crippen molar-refractivity contribution in [1.82, 2.24) is 10.2 Å². The zero-order valence-electron chi connectivity index (χ0n) is 17.0. The molecule has 1 aliphatic heterocycles. The maximum atomic E-state index is 10.6. The first-order valence-corrected chi connectivity index (χ1v) is 11.2. The summed E-state index contributed by atoms with van der Waals surface area (Å²) in [5.74, 6) is -0.164. The lowest BCUT2D eigenvalue weighted by Gasteiger charge is -2.27. The first-order valence-electron chi connectivity index (χ1n) is 11.2. The second kappa shape index (κ2) is 17.5. The number of nitrogens with zero attached hydrogens (tertiary/aromatic N) is 1. The number of hydrogen-bond donors (Lipinski definition) is 2. The summed E-state index contributed by atoms with van der Waals surface area (Å²) in [5.41, 5.74) is 5.13. The molecule has 1 amide bonds. The van der Waals surface area contributed by atoms with Gasteiger partial charge in [0.1, 0.15) is 0 Å². The molecule has 0 aromatic carbocycles. The Kier molecular flexibility index (Phi) is 15.6. The molecule has 0 aliphatic carbocycles. The Morgan fingerprint density at radius 2 is 1.27 bits per heavy atom. The van der Waals surface area contributed by atoms with Crippen LogP contribution in [-0.4, -0.2) is 43.5 Å². The smallest absolute Gasteiger partial charge is 0.217 e. The molecule has 4 nitrogen and oxygen atoms in total. The minimum Gasteiger partial charge on any atom is -0.370 e. The van der Waals surface area contributed by atoms with Gasteiger partial charge >= 0.3 is 0 Å². The van der Waals surface area contributed by atoms with Crippen LogP contribution in [0.5, 0.6) is 0 Å². The Labute approximate surface area is 162 Å². The third-order valence-electron chi connectivity index (χ3n) is 5.27. The van der Waals surface area contributed by atoms with Crippen molar-refractivity contribution >= 4 is 5.91 Å². The van der Waals surface area contributed by atoms with E-state index in [4.69, 9.17) is 5.73 Å². The van der Waals surface area contributed by atoms with Crippen molar-refractivity contribution in [1.29, 1.82) is 0 Å². The predicted octanol–water partition coefficient (Wildman–Crippen LogP) is 4.39. The van der Waals surface area contributed by atoms with Crippen LogP contribution in [-0.2, 0) is 4.79 Å². The van der Waals surface area contributed by atoms with Gasteiger partial charge < -0.3 is 16.0 Å². The van der Waals surface area contributed by atoms with Gasteiger partial charge in [-0.1, -0.05) is 57.1 Å². The molecule has 0 unspecified atom stereocenters. The summed E-state index contributed by atoms with van der Waals surface area (Å²) in [5, 5.41) is 3.41. The molecule has 1 fully saturated rings. The average molecular weight is 366 g/mol. The molecule has 26 heavy (non-hydrogen) atoms. The number of nitrogens with two attached hydrogens (primary N) is 1. The van der Waals surface area contributed by atoms with E-state index in [1.165, 1.54) is 103 Å². The molecule has 0 radical (unpaired) electrons. The number of carbonyl (C=O) groups excluding carboxylic acids is 1. The lowest BCUT2D eigenvalue weighted by Crippen LogP contribution is -2.43. The highest BCUT2D eigenvalue weighted by atomic mass is 16.1. The highest BCUT2D eigenvalue weighted by molar-refractivity contribution is 5.73. The molecule has 3 N–H and O–H groups in total. The SMILES string of the molecule is NC(=O)CCCCCCCC=CCCCCCCCCN1CCNCC1. The van der Waals surface area contributed by atoms with Gasteiger partial charge in [0.2, 0.25) is 5.91 Å². The lowest BCUT2D eigenvalue weighted by atomic mass is 10.1. The van der Waals surface area contributed by atoms with Crippen molar-refractivity contribution in [3.8, 4) is 0 Å². The number of amides is 1. The molecule has 4 heteroatoms. The van der Waals surface area contributed by atoms with Crippen LogP contribution in [0.1, 0.15) is 89.9 Å². The van der Waals surface area contributed by atoms with E-state index in [1.54, 1.807) is 0 Å². The molecular formula is C22H43N3O. The van der Waals surface area contributed by atoms with E-state index >= 15 is 0 Å². The number of hydrogen-bond acceptors (Lipinski definition) is 3. The number of allylic oxidation sites excluding steroid dienone is 2. The van der Waals surface area contributed by atoms with E-state index in [1.807, 2.05) is 0 Å². The molecule has 1 saturated heterocycles. The van der Waals surface area contributed by atoms with E-state index in [2.05, 4.69) is 22.4 Å². The molecule has 0 atom stereocenters. The highest BCUT2D eigenvalue weighted by Crippen LogP contribution is 2.10. The molecule has 0 aromatic heterocycles. The third kappa shape index (κ3) is 15.4. The quantitative estimate of drug-likeness (QED) is 0.297. The fourth-order valence-electron chi connectivity index (χ4n) is 3.57. The van der Waals surface area contributed by atoms with Crippen molar-refractivity contribution < 1.29 is 4.79 Å². The first-order chi connectivity index (χ1) is 12.8. The van der Waals surface area contributed by atoms with Crippen molar-refractivity contribution in [3.05, 3.63) is 12.2 Å². The number of carbonyl (C=O) groups is 1. The lowest BCUT2D eigenvalue weighted by molar-refractivity contribution is -0.118. The Morgan fingerprint density at radius 1 is 0.769 bits per heavy atom. The summed E-state index contributed by atoms with van der Waals surface area (Å²) >= 11 is 0. The summed E-state index contributed by atoms with van der Waals surface area (Å²) in [6.45, 7) is 6.12. The van der Waals surface area contributed by atoms with Crippen molar-refractivity contribution in [3.63, 3.8) is 0 Å². The normalized spacial score (nSPS) is 15.7. The molecule has 152 valence electrons. The van der Waals surface area contributed by atoms with Crippen LogP contribution in [0, 0.1) is 0 Å². The number of primary amides is 1. The summed E-state index contributed by atoms with van der Waals surface area (Å²) < 4.78 is 0. The molecule has 1 rings (SSSR count). The van der Waals surface area contributed by atoms with E-state index in [0.29, 0.717) is 6.42 Å². The van der Waals surface area contributed by atoms with Crippen molar-refractivity contribution in [2.24, 2.45) is 5.73 Å². The maximum Gasteiger partial charge on any atom is 0.217 e. The van der Waals surface area contributed by atoms with Gasteiger partial charge in [-0.25, -0.2) is 0 Å². The zero-order chi connectivity index (χ0) is 18.7. The number of piperazine rings is 1. The number of unbranched alkanes of at least 4 members (excludes halogenated alkanes) is 11. The van der Waals surface area contributed by atoms with Crippen molar-refractivity contribution in [2.45, 2.75) is 89.9 Å².